The maximum absolute atomic E-state index is 11.4. The molecule has 7 heteroatoms. The zero-order valence-electron chi connectivity index (χ0n) is 12.2. The van der Waals surface area contributed by atoms with Crippen LogP contribution < -0.4 is 10.6 Å². The minimum atomic E-state index is -2.95. The molecule has 0 saturated heterocycles. The second kappa shape index (κ2) is 8.63. The van der Waals surface area contributed by atoms with E-state index in [1.54, 1.807) is 6.92 Å². The van der Waals surface area contributed by atoms with Gasteiger partial charge in [-0.1, -0.05) is 6.92 Å². The Hall–Kier alpha value is -1.50. The summed E-state index contributed by atoms with van der Waals surface area (Å²) in [6.45, 7) is 6.24. The Kier molecular flexibility index (Phi) is 7.14. The van der Waals surface area contributed by atoms with Crippen molar-refractivity contribution in [2.24, 2.45) is 4.99 Å². The van der Waals surface area contributed by atoms with Crippen LogP contribution in [0, 0.1) is 0 Å². The van der Waals surface area contributed by atoms with Gasteiger partial charge in [-0.25, -0.2) is 8.42 Å². The normalized spacial score (nSPS) is 12.4. The molecule has 0 amide bonds. The maximum Gasteiger partial charge on any atom is 0.191 e. The number of nitrogens with zero attached hydrogens (tertiary/aromatic N) is 2. The van der Waals surface area contributed by atoms with Gasteiger partial charge in [-0.05, 0) is 19.1 Å². The van der Waals surface area contributed by atoms with Gasteiger partial charge in [-0.15, -0.1) is 0 Å². The summed E-state index contributed by atoms with van der Waals surface area (Å²) in [7, 11) is -2.95. The first-order chi connectivity index (χ1) is 9.57. The molecule has 0 bridgehead atoms. The molecule has 2 N–H and O–H groups in total. The summed E-state index contributed by atoms with van der Waals surface area (Å²) in [5, 5.41) is 6.29. The molecule has 0 aliphatic carbocycles. The Morgan fingerprint density at radius 1 is 1.20 bits per heavy atom. The fourth-order valence-electron chi connectivity index (χ4n) is 1.61. The molecule has 20 heavy (non-hydrogen) atoms. The van der Waals surface area contributed by atoms with Crippen LogP contribution in [0.15, 0.2) is 29.5 Å². The smallest absolute Gasteiger partial charge is 0.191 e. The molecule has 0 unspecified atom stereocenters. The summed E-state index contributed by atoms with van der Waals surface area (Å²) in [5.74, 6) is 0.920. The number of nitrogens with one attached hydrogen (secondary N) is 2. The zero-order valence-corrected chi connectivity index (χ0v) is 13.0. The van der Waals surface area contributed by atoms with Crippen molar-refractivity contribution in [1.82, 2.24) is 15.2 Å². The maximum atomic E-state index is 11.4. The van der Waals surface area contributed by atoms with Crippen LogP contribution in [-0.4, -0.2) is 50.1 Å². The summed E-state index contributed by atoms with van der Waals surface area (Å²) in [5.41, 5.74) is 0. The van der Waals surface area contributed by atoms with Gasteiger partial charge in [0.05, 0.1) is 12.3 Å². The quantitative estimate of drug-likeness (QED) is 0.541. The van der Waals surface area contributed by atoms with Crippen molar-refractivity contribution in [3.05, 3.63) is 24.5 Å². The predicted octanol–water partition coefficient (Wildman–Crippen LogP) is 0.478. The van der Waals surface area contributed by atoms with Gasteiger partial charge in [0.15, 0.2) is 15.8 Å². The fourth-order valence-corrected chi connectivity index (χ4v) is 2.26. The molecule has 1 aromatic rings. The van der Waals surface area contributed by atoms with Gasteiger partial charge >= 0.3 is 0 Å². The van der Waals surface area contributed by atoms with Crippen LogP contribution in [0.1, 0.15) is 13.8 Å². The van der Waals surface area contributed by atoms with E-state index in [9.17, 15) is 8.42 Å². The first-order valence-electron chi connectivity index (χ1n) is 6.90. The molecule has 0 radical (unpaired) electrons. The molecule has 0 atom stereocenters. The molecule has 0 spiro atoms. The molecule has 0 saturated carbocycles. The van der Waals surface area contributed by atoms with Gasteiger partial charge in [0.1, 0.15) is 0 Å². The number of aliphatic imine (C=N–C) groups is 1. The molecule has 0 fully saturated rings. The first-order valence-corrected chi connectivity index (χ1v) is 8.73. The highest BCUT2D eigenvalue weighted by molar-refractivity contribution is 7.91. The monoisotopic (exact) mass is 300 g/mol. The largest absolute Gasteiger partial charge is 0.357 e. The number of aromatic nitrogens is 1. The second-order valence-corrected chi connectivity index (χ2v) is 6.82. The van der Waals surface area contributed by atoms with Crippen molar-refractivity contribution in [2.75, 3.05) is 31.1 Å². The van der Waals surface area contributed by atoms with Crippen LogP contribution in [0.5, 0.6) is 0 Å². The number of rotatable bonds is 8. The van der Waals surface area contributed by atoms with E-state index in [2.05, 4.69) is 20.2 Å². The lowest BCUT2D eigenvalue weighted by atomic mass is 10.6. The molecular weight excluding hydrogens is 276 g/mol. The van der Waals surface area contributed by atoms with Crippen LogP contribution in [0.25, 0.3) is 0 Å². The third-order valence-corrected chi connectivity index (χ3v) is 4.47. The highest BCUT2D eigenvalue weighted by atomic mass is 32.2. The van der Waals surface area contributed by atoms with E-state index in [4.69, 9.17) is 0 Å². The molecule has 0 aliphatic rings. The van der Waals surface area contributed by atoms with Crippen molar-refractivity contribution >= 4 is 15.8 Å². The molecule has 1 aromatic heterocycles. The lowest BCUT2D eigenvalue weighted by molar-refractivity contribution is 0.597. The van der Waals surface area contributed by atoms with E-state index >= 15 is 0 Å². The van der Waals surface area contributed by atoms with Crippen molar-refractivity contribution in [3.63, 3.8) is 0 Å². The van der Waals surface area contributed by atoms with E-state index in [1.165, 1.54) is 0 Å². The summed E-state index contributed by atoms with van der Waals surface area (Å²) < 4.78 is 24.9. The van der Waals surface area contributed by atoms with Crippen LogP contribution in [0.3, 0.4) is 0 Å². The van der Waals surface area contributed by atoms with E-state index < -0.39 is 9.84 Å². The third kappa shape index (κ3) is 6.60. The molecule has 0 aliphatic heterocycles. The third-order valence-electron chi connectivity index (χ3n) is 2.78. The summed E-state index contributed by atoms with van der Waals surface area (Å²) >= 11 is 0. The number of guanidine groups is 1. The molecular formula is C13H24N4O2S. The van der Waals surface area contributed by atoms with Crippen molar-refractivity contribution < 1.29 is 8.42 Å². The standard InChI is InChI=1S/C13H24N4O2S/c1-3-14-13(16-8-12-20(18,19)4-2)15-7-11-17-9-5-6-10-17/h5-6,9-10H,3-4,7-8,11-12H2,1-2H3,(H2,14,15,16). The minimum absolute atomic E-state index is 0.0949. The molecule has 114 valence electrons. The highest BCUT2D eigenvalue weighted by Crippen LogP contribution is 1.90. The summed E-state index contributed by atoms with van der Waals surface area (Å²) in [6, 6.07) is 3.96. The average Bonchev–Trinajstić information content (AvgIpc) is 2.92. The van der Waals surface area contributed by atoms with Crippen molar-refractivity contribution in [3.8, 4) is 0 Å². The van der Waals surface area contributed by atoms with E-state index in [0.717, 1.165) is 19.6 Å². The lowest BCUT2D eigenvalue weighted by Gasteiger charge is -2.11. The van der Waals surface area contributed by atoms with Crippen LogP contribution in [0.4, 0.5) is 0 Å². The number of sulfone groups is 1. The lowest BCUT2D eigenvalue weighted by Crippen LogP contribution is -2.39. The SMILES string of the molecule is CCNC(=NCCS(=O)(=O)CC)NCCn1cccc1. The van der Waals surface area contributed by atoms with Gasteiger partial charge in [-0.2, -0.15) is 0 Å². The van der Waals surface area contributed by atoms with E-state index in [-0.39, 0.29) is 18.1 Å². The Balaban J connectivity index is 2.38. The van der Waals surface area contributed by atoms with E-state index in [1.807, 2.05) is 31.5 Å². The number of hydrogen-bond acceptors (Lipinski definition) is 3. The average molecular weight is 300 g/mol. The van der Waals surface area contributed by atoms with Crippen LogP contribution in [-0.2, 0) is 16.4 Å². The fraction of sp³-hybridized carbons (Fsp3) is 0.615. The van der Waals surface area contributed by atoms with E-state index in [0.29, 0.717) is 5.96 Å². The Labute approximate surface area is 121 Å². The molecule has 0 aromatic carbocycles. The summed E-state index contributed by atoms with van der Waals surface area (Å²) in [6.07, 6.45) is 4.00. The topological polar surface area (TPSA) is 75.5 Å². The van der Waals surface area contributed by atoms with Crippen LogP contribution in [0.2, 0.25) is 0 Å². The minimum Gasteiger partial charge on any atom is -0.357 e. The number of hydrogen-bond donors (Lipinski definition) is 2. The first kappa shape index (κ1) is 16.6. The molecule has 1 heterocycles. The van der Waals surface area contributed by atoms with Crippen molar-refractivity contribution in [1.29, 1.82) is 0 Å². The van der Waals surface area contributed by atoms with Gasteiger partial charge in [-0.3, -0.25) is 4.99 Å². The van der Waals surface area contributed by atoms with Gasteiger partial charge < -0.3 is 15.2 Å². The Morgan fingerprint density at radius 3 is 2.50 bits per heavy atom. The highest BCUT2D eigenvalue weighted by Gasteiger charge is 2.06. The zero-order chi connectivity index (χ0) is 14.8. The summed E-state index contributed by atoms with van der Waals surface area (Å²) in [4.78, 5) is 4.27. The molecule has 1 rings (SSSR count). The van der Waals surface area contributed by atoms with Gasteiger partial charge in [0.25, 0.3) is 0 Å². The van der Waals surface area contributed by atoms with Crippen molar-refractivity contribution in [2.45, 2.75) is 20.4 Å². The van der Waals surface area contributed by atoms with Gasteiger partial charge in [0, 0.05) is 37.8 Å². The van der Waals surface area contributed by atoms with Crippen LogP contribution >= 0.6 is 0 Å². The van der Waals surface area contributed by atoms with Gasteiger partial charge in [0.2, 0.25) is 0 Å². The second-order valence-electron chi connectivity index (χ2n) is 4.34. The molecule has 6 nitrogen and oxygen atoms in total. The predicted molar refractivity (Wildman–Crippen MR) is 82.7 cm³/mol. The Bertz CT molecular complexity index is 494. The Morgan fingerprint density at radius 2 is 1.90 bits per heavy atom.